The summed E-state index contributed by atoms with van der Waals surface area (Å²) in [5.41, 5.74) is 1.40. The molecule has 0 aliphatic carbocycles. The Morgan fingerprint density at radius 1 is 1.33 bits per heavy atom. The lowest BCUT2D eigenvalue weighted by atomic mass is 10.2. The van der Waals surface area contributed by atoms with Gasteiger partial charge in [0.05, 0.1) is 12.8 Å². The van der Waals surface area contributed by atoms with Crippen LogP contribution in [0.25, 0.3) is 0 Å². The van der Waals surface area contributed by atoms with E-state index < -0.39 is 21.5 Å². The largest absolute Gasteiger partial charge is 0.495 e. The summed E-state index contributed by atoms with van der Waals surface area (Å²) in [5.74, 6) is -0.695. The molecule has 0 saturated carbocycles. The van der Waals surface area contributed by atoms with Crippen LogP contribution in [0, 0.1) is 6.92 Å². The van der Waals surface area contributed by atoms with E-state index in [1.807, 2.05) is 13.0 Å². The summed E-state index contributed by atoms with van der Waals surface area (Å²) >= 11 is 1.10. The normalized spacial score (nSPS) is 11.1. The number of methoxy groups -OCH3 is 1. The number of nitrogens with one attached hydrogen (secondary N) is 1. The minimum absolute atomic E-state index is 0.189. The molecular weight excluding hydrogens is 310 g/mol. The molecule has 0 spiro atoms. The van der Waals surface area contributed by atoms with Crippen LogP contribution in [0.4, 0.5) is 5.69 Å². The van der Waals surface area contributed by atoms with E-state index in [-0.39, 0.29) is 4.21 Å². The molecule has 0 fully saturated rings. The lowest BCUT2D eigenvalue weighted by Crippen LogP contribution is -2.22. The average Bonchev–Trinajstić information content (AvgIpc) is 2.92. The number of carbonyl (C=O) groups excluding carboxylic acids is 1. The second-order valence-electron chi connectivity index (χ2n) is 4.44. The lowest BCUT2D eigenvalue weighted by Gasteiger charge is -2.11. The number of ether oxygens (including phenoxy) is 1. The standard InChI is InChI=1S/C14H15NO4S2/c1-10-5-6-12(19-2)11(8-10)15-13(16)9-21(17,18)14-4-3-7-20-14/h3-8H,9H2,1-2H3,(H,15,16). The molecule has 1 aromatic heterocycles. The summed E-state index contributed by atoms with van der Waals surface area (Å²) in [6, 6.07) is 8.42. The number of benzene rings is 1. The van der Waals surface area contributed by atoms with E-state index in [2.05, 4.69) is 5.32 Å². The molecule has 7 heteroatoms. The average molecular weight is 325 g/mol. The second-order valence-corrected chi connectivity index (χ2v) is 7.61. The molecule has 1 N–H and O–H groups in total. The Morgan fingerprint density at radius 3 is 2.71 bits per heavy atom. The van der Waals surface area contributed by atoms with E-state index >= 15 is 0 Å². The Balaban J connectivity index is 2.14. The van der Waals surface area contributed by atoms with Crippen LogP contribution < -0.4 is 10.1 Å². The second kappa shape index (κ2) is 6.28. The topological polar surface area (TPSA) is 72.5 Å². The maximum Gasteiger partial charge on any atom is 0.240 e. The van der Waals surface area contributed by atoms with Gasteiger partial charge >= 0.3 is 0 Å². The fourth-order valence-electron chi connectivity index (χ4n) is 1.79. The highest BCUT2D eigenvalue weighted by Crippen LogP contribution is 2.25. The van der Waals surface area contributed by atoms with Crippen molar-refractivity contribution in [3.8, 4) is 5.75 Å². The molecule has 1 heterocycles. The van der Waals surface area contributed by atoms with E-state index in [1.54, 1.807) is 23.6 Å². The van der Waals surface area contributed by atoms with E-state index in [9.17, 15) is 13.2 Å². The van der Waals surface area contributed by atoms with Crippen molar-refractivity contribution in [1.29, 1.82) is 0 Å². The van der Waals surface area contributed by atoms with Gasteiger partial charge in [0.1, 0.15) is 15.7 Å². The number of thiophene rings is 1. The molecule has 5 nitrogen and oxygen atoms in total. The summed E-state index contributed by atoms with van der Waals surface area (Å²) in [5, 5.41) is 4.24. The fraction of sp³-hybridized carbons (Fsp3) is 0.214. The van der Waals surface area contributed by atoms with E-state index in [0.717, 1.165) is 16.9 Å². The highest BCUT2D eigenvalue weighted by Gasteiger charge is 2.21. The number of hydrogen-bond acceptors (Lipinski definition) is 5. The van der Waals surface area contributed by atoms with Gasteiger partial charge in [-0.3, -0.25) is 4.79 Å². The minimum Gasteiger partial charge on any atom is -0.495 e. The van der Waals surface area contributed by atoms with Gasteiger partial charge in [-0.1, -0.05) is 12.1 Å². The summed E-state index contributed by atoms with van der Waals surface area (Å²) in [6.45, 7) is 1.87. The number of anilines is 1. The van der Waals surface area contributed by atoms with Crippen LogP contribution in [0.5, 0.6) is 5.75 Å². The van der Waals surface area contributed by atoms with Crippen molar-refractivity contribution < 1.29 is 17.9 Å². The molecule has 1 amide bonds. The quantitative estimate of drug-likeness (QED) is 0.916. The van der Waals surface area contributed by atoms with Crippen LogP contribution >= 0.6 is 11.3 Å². The molecule has 21 heavy (non-hydrogen) atoms. The van der Waals surface area contributed by atoms with Crippen LogP contribution in [-0.2, 0) is 14.6 Å². The van der Waals surface area contributed by atoms with Gasteiger partial charge < -0.3 is 10.1 Å². The zero-order valence-electron chi connectivity index (χ0n) is 11.6. The van der Waals surface area contributed by atoms with Gasteiger partial charge in [-0.05, 0) is 36.1 Å². The summed E-state index contributed by atoms with van der Waals surface area (Å²) in [4.78, 5) is 12.0. The summed E-state index contributed by atoms with van der Waals surface area (Å²) < 4.78 is 29.4. The Labute approximate surface area is 127 Å². The first-order valence-electron chi connectivity index (χ1n) is 6.13. The van der Waals surface area contributed by atoms with Crippen LogP contribution in [0.3, 0.4) is 0 Å². The molecule has 1 aromatic carbocycles. The lowest BCUT2D eigenvalue weighted by molar-refractivity contribution is -0.113. The van der Waals surface area contributed by atoms with Gasteiger partial charge in [-0.2, -0.15) is 0 Å². The Hall–Kier alpha value is -1.86. The van der Waals surface area contributed by atoms with Crippen molar-refractivity contribution >= 4 is 32.8 Å². The monoisotopic (exact) mass is 325 g/mol. The molecule has 0 bridgehead atoms. The Kier molecular flexibility index (Phi) is 4.64. The van der Waals surface area contributed by atoms with Crippen LogP contribution in [-0.4, -0.2) is 27.2 Å². The first-order chi connectivity index (χ1) is 9.92. The first kappa shape index (κ1) is 15.5. The molecule has 0 saturated heterocycles. The minimum atomic E-state index is -3.60. The van der Waals surface area contributed by atoms with Crippen molar-refractivity contribution in [3.05, 3.63) is 41.3 Å². The van der Waals surface area contributed by atoms with Crippen LogP contribution in [0.2, 0.25) is 0 Å². The predicted octanol–water partition coefficient (Wildman–Crippen LogP) is 2.48. The van der Waals surface area contributed by atoms with E-state index in [0.29, 0.717) is 11.4 Å². The van der Waals surface area contributed by atoms with Gasteiger partial charge in [0.25, 0.3) is 0 Å². The predicted molar refractivity (Wildman–Crippen MR) is 82.7 cm³/mol. The zero-order valence-corrected chi connectivity index (χ0v) is 13.3. The van der Waals surface area contributed by atoms with Crippen molar-refractivity contribution in [1.82, 2.24) is 0 Å². The van der Waals surface area contributed by atoms with Crippen molar-refractivity contribution in [2.75, 3.05) is 18.2 Å². The smallest absolute Gasteiger partial charge is 0.240 e. The number of rotatable bonds is 5. The Bertz CT molecular complexity index is 736. The molecule has 0 unspecified atom stereocenters. The summed E-state index contributed by atoms with van der Waals surface area (Å²) in [7, 11) is -2.11. The van der Waals surface area contributed by atoms with E-state index in [1.165, 1.54) is 13.2 Å². The highest BCUT2D eigenvalue weighted by molar-refractivity contribution is 7.94. The maximum absolute atomic E-state index is 12.0. The number of sulfone groups is 1. The third kappa shape index (κ3) is 3.83. The number of carbonyl (C=O) groups is 1. The van der Waals surface area contributed by atoms with Gasteiger partial charge in [0.15, 0.2) is 9.84 Å². The van der Waals surface area contributed by atoms with Crippen molar-refractivity contribution in [2.24, 2.45) is 0 Å². The van der Waals surface area contributed by atoms with Crippen LogP contribution in [0.1, 0.15) is 5.56 Å². The number of hydrogen-bond donors (Lipinski definition) is 1. The molecule has 112 valence electrons. The zero-order chi connectivity index (χ0) is 15.5. The number of amides is 1. The van der Waals surface area contributed by atoms with Crippen molar-refractivity contribution in [3.63, 3.8) is 0 Å². The molecular formula is C14H15NO4S2. The molecule has 0 aliphatic heterocycles. The van der Waals surface area contributed by atoms with Crippen molar-refractivity contribution in [2.45, 2.75) is 11.1 Å². The molecule has 0 radical (unpaired) electrons. The van der Waals surface area contributed by atoms with Gasteiger partial charge in [0, 0.05) is 0 Å². The fourth-order valence-corrected chi connectivity index (χ4v) is 4.01. The highest BCUT2D eigenvalue weighted by atomic mass is 32.2. The number of aryl methyl sites for hydroxylation is 1. The van der Waals surface area contributed by atoms with Gasteiger partial charge in [0.2, 0.25) is 5.91 Å². The SMILES string of the molecule is COc1ccc(C)cc1NC(=O)CS(=O)(=O)c1cccs1. The van der Waals surface area contributed by atoms with Gasteiger partial charge in [-0.25, -0.2) is 8.42 Å². The van der Waals surface area contributed by atoms with Gasteiger partial charge in [-0.15, -0.1) is 11.3 Å². The molecule has 2 rings (SSSR count). The molecule has 2 aromatic rings. The third-order valence-corrected chi connectivity index (χ3v) is 5.86. The van der Waals surface area contributed by atoms with Crippen LogP contribution in [0.15, 0.2) is 39.9 Å². The maximum atomic E-state index is 12.0. The summed E-state index contributed by atoms with van der Waals surface area (Å²) in [6.07, 6.45) is 0. The third-order valence-electron chi connectivity index (χ3n) is 2.75. The van der Waals surface area contributed by atoms with E-state index in [4.69, 9.17) is 4.74 Å². The molecule has 0 aliphatic rings. The first-order valence-corrected chi connectivity index (χ1v) is 8.66. The Morgan fingerprint density at radius 2 is 2.10 bits per heavy atom. The molecule has 0 atom stereocenters.